The molecule has 1 aliphatic carbocycles. The molecule has 8 heteroatoms. The Kier molecular flexibility index (Phi) is 4.83. The maximum Gasteiger partial charge on any atom is 0.416 e. The van der Waals surface area contributed by atoms with E-state index in [0.29, 0.717) is 11.7 Å². The van der Waals surface area contributed by atoms with E-state index in [1.165, 1.54) is 12.1 Å². The van der Waals surface area contributed by atoms with E-state index in [0.717, 1.165) is 25.3 Å². The largest absolute Gasteiger partial charge is 0.416 e. The summed E-state index contributed by atoms with van der Waals surface area (Å²) in [6.07, 6.45) is -2.86. The Hall–Kier alpha value is -1.93. The van der Waals surface area contributed by atoms with Crippen LogP contribution >= 0.6 is 0 Å². The van der Waals surface area contributed by atoms with Gasteiger partial charge >= 0.3 is 6.18 Å². The van der Waals surface area contributed by atoms with E-state index in [4.69, 9.17) is 4.52 Å². The number of hydrogen-bond acceptors (Lipinski definition) is 5. The summed E-state index contributed by atoms with van der Waals surface area (Å²) in [4.78, 5) is 4.24. The summed E-state index contributed by atoms with van der Waals surface area (Å²) in [6.45, 7) is 1.85. The summed E-state index contributed by atoms with van der Waals surface area (Å²) in [5, 5.41) is 17.4. The van der Waals surface area contributed by atoms with E-state index in [1.54, 1.807) is 13.0 Å². The highest BCUT2D eigenvalue weighted by Crippen LogP contribution is 2.39. The van der Waals surface area contributed by atoms with Crippen LogP contribution in [0.4, 0.5) is 13.2 Å². The van der Waals surface area contributed by atoms with Crippen LogP contribution in [0, 0.1) is 6.92 Å². The number of nitrogens with zero attached hydrogens (tertiary/aromatic N) is 2. The molecule has 136 valence electrons. The van der Waals surface area contributed by atoms with Crippen molar-refractivity contribution in [3.63, 3.8) is 0 Å². The number of aromatic nitrogens is 2. The van der Waals surface area contributed by atoms with Crippen LogP contribution in [-0.4, -0.2) is 27.9 Å². The van der Waals surface area contributed by atoms with Gasteiger partial charge in [-0.25, -0.2) is 0 Å². The van der Waals surface area contributed by atoms with E-state index in [9.17, 15) is 18.3 Å². The van der Waals surface area contributed by atoms with Crippen LogP contribution in [0.5, 0.6) is 0 Å². The quantitative estimate of drug-likeness (QED) is 0.834. The van der Waals surface area contributed by atoms with Gasteiger partial charge in [0.1, 0.15) is 0 Å². The Morgan fingerprint density at radius 3 is 2.60 bits per heavy atom. The molecule has 1 aliphatic rings. The lowest BCUT2D eigenvalue weighted by atomic mass is 9.76. The first-order valence-corrected chi connectivity index (χ1v) is 8.19. The van der Waals surface area contributed by atoms with Crippen molar-refractivity contribution in [2.45, 2.75) is 50.4 Å². The van der Waals surface area contributed by atoms with Crippen LogP contribution in [-0.2, 0) is 18.1 Å². The summed E-state index contributed by atoms with van der Waals surface area (Å²) in [7, 11) is 0. The Bertz CT molecular complexity index is 726. The summed E-state index contributed by atoms with van der Waals surface area (Å²) in [6, 6.07) is 5.32. The number of alkyl halides is 3. The Morgan fingerprint density at radius 1 is 1.32 bits per heavy atom. The van der Waals surface area contributed by atoms with E-state index in [2.05, 4.69) is 15.5 Å². The van der Waals surface area contributed by atoms with Gasteiger partial charge in [0.05, 0.1) is 17.2 Å². The van der Waals surface area contributed by atoms with Gasteiger partial charge in [0.2, 0.25) is 5.89 Å². The molecule has 25 heavy (non-hydrogen) atoms. The molecular weight excluding hydrogens is 335 g/mol. The predicted octanol–water partition coefficient (Wildman–Crippen LogP) is 2.97. The minimum atomic E-state index is -4.43. The van der Waals surface area contributed by atoms with E-state index in [-0.39, 0.29) is 18.5 Å². The zero-order valence-corrected chi connectivity index (χ0v) is 13.8. The number of hydrogen-bond donors (Lipinski definition) is 2. The fourth-order valence-electron chi connectivity index (χ4n) is 3.12. The van der Waals surface area contributed by atoms with Crippen molar-refractivity contribution < 1.29 is 22.8 Å². The predicted molar refractivity (Wildman–Crippen MR) is 83.7 cm³/mol. The van der Waals surface area contributed by atoms with Crippen LogP contribution in [0.3, 0.4) is 0 Å². The minimum absolute atomic E-state index is 0.0793. The van der Waals surface area contributed by atoms with Gasteiger partial charge in [0.15, 0.2) is 5.82 Å². The zero-order valence-electron chi connectivity index (χ0n) is 13.8. The second-order valence-electron chi connectivity index (χ2n) is 6.47. The molecule has 1 aromatic carbocycles. The highest BCUT2D eigenvalue weighted by molar-refractivity contribution is 5.30. The molecule has 0 saturated heterocycles. The minimum Gasteiger partial charge on any atom is -0.391 e. The van der Waals surface area contributed by atoms with Gasteiger partial charge in [0, 0.05) is 19.9 Å². The lowest BCUT2D eigenvalue weighted by molar-refractivity contribution is -0.138. The SMILES string of the molecule is Cc1nc(C2(NCC(O)Cc3ccccc3C(F)(F)F)CCC2)no1. The van der Waals surface area contributed by atoms with E-state index < -0.39 is 23.4 Å². The smallest absolute Gasteiger partial charge is 0.391 e. The molecular formula is C17H20F3N3O2. The molecule has 1 aromatic heterocycles. The number of aryl methyl sites for hydroxylation is 1. The van der Waals surface area contributed by atoms with Crippen LogP contribution in [0.15, 0.2) is 28.8 Å². The lowest BCUT2D eigenvalue weighted by Crippen LogP contribution is -2.51. The van der Waals surface area contributed by atoms with Crippen molar-refractivity contribution in [1.29, 1.82) is 0 Å². The van der Waals surface area contributed by atoms with Gasteiger partial charge in [-0.1, -0.05) is 23.4 Å². The van der Waals surface area contributed by atoms with Crippen molar-refractivity contribution in [1.82, 2.24) is 15.5 Å². The Labute approximate surface area is 143 Å². The first-order chi connectivity index (χ1) is 11.8. The second kappa shape index (κ2) is 6.76. The molecule has 1 heterocycles. The number of aliphatic hydroxyl groups excluding tert-OH is 1. The van der Waals surface area contributed by atoms with Crippen LogP contribution < -0.4 is 5.32 Å². The van der Waals surface area contributed by atoms with Crippen molar-refractivity contribution in [3.8, 4) is 0 Å². The fourth-order valence-corrected chi connectivity index (χ4v) is 3.12. The van der Waals surface area contributed by atoms with Gasteiger partial charge in [-0.3, -0.25) is 0 Å². The highest BCUT2D eigenvalue weighted by Gasteiger charge is 2.42. The van der Waals surface area contributed by atoms with Crippen molar-refractivity contribution in [3.05, 3.63) is 47.1 Å². The fraction of sp³-hybridized carbons (Fsp3) is 0.529. The first-order valence-electron chi connectivity index (χ1n) is 8.19. The molecule has 1 fully saturated rings. The van der Waals surface area contributed by atoms with Crippen LogP contribution in [0.1, 0.15) is 42.1 Å². The number of halogens is 3. The highest BCUT2D eigenvalue weighted by atomic mass is 19.4. The maximum atomic E-state index is 13.0. The van der Waals surface area contributed by atoms with Crippen molar-refractivity contribution in [2.24, 2.45) is 0 Å². The van der Waals surface area contributed by atoms with Crippen molar-refractivity contribution in [2.75, 3.05) is 6.54 Å². The molecule has 0 spiro atoms. The molecule has 0 radical (unpaired) electrons. The monoisotopic (exact) mass is 355 g/mol. The summed E-state index contributed by atoms with van der Waals surface area (Å²) in [5.74, 6) is 1.00. The number of benzene rings is 1. The number of aliphatic hydroxyl groups is 1. The number of rotatable bonds is 6. The van der Waals surface area contributed by atoms with E-state index in [1.807, 2.05) is 0 Å². The third-order valence-corrected chi connectivity index (χ3v) is 4.62. The molecule has 0 amide bonds. The van der Waals surface area contributed by atoms with Gasteiger partial charge in [0.25, 0.3) is 0 Å². The summed E-state index contributed by atoms with van der Waals surface area (Å²) < 4.78 is 44.1. The van der Waals surface area contributed by atoms with Gasteiger partial charge in [-0.05, 0) is 30.9 Å². The molecule has 2 N–H and O–H groups in total. The Balaban J connectivity index is 1.65. The zero-order chi connectivity index (χ0) is 18.1. The van der Waals surface area contributed by atoms with Crippen LogP contribution in [0.25, 0.3) is 0 Å². The molecule has 1 saturated carbocycles. The van der Waals surface area contributed by atoms with Gasteiger partial charge in [-0.2, -0.15) is 18.2 Å². The van der Waals surface area contributed by atoms with Gasteiger partial charge in [-0.15, -0.1) is 0 Å². The average molecular weight is 355 g/mol. The second-order valence-corrected chi connectivity index (χ2v) is 6.47. The third kappa shape index (κ3) is 3.85. The van der Waals surface area contributed by atoms with E-state index >= 15 is 0 Å². The lowest BCUT2D eigenvalue weighted by Gasteiger charge is -2.40. The van der Waals surface area contributed by atoms with Crippen LogP contribution in [0.2, 0.25) is 0 Å². The topological polar surface area (TPSA) is 71.2 Å². The normalized spacial score (nSPS) is 18.0. The Morgan fingerprint density at radius 2 is 2.04 bits per heavy atom. The first kappa shape index (κ1) is 17.9. The molecule has 3 rings (SSSR count). The molecule has 1 unspecified atom stereocenters. The maximum absolute atomic E-state index is 13.0. The van der Waals surface area contributed by atoms with Crippen molar-refractivity contribution >= 4 is 0 Å². The summed E-state index contributed by atoms with van der Waals surface area (Å²) in [5.41, 5.74) is -1.08. The number of nitrogens with one attached hydrogen (secondary N) is 1. The molecule has 5 nitrogen and oxygen atoms in total. The summed E-state index contributed by atoms with van der Waals surface area (Å²) >= 11 is 0. The molecule has 0 aliphatic heterocycles. The molecule has 1 atom stereocenters. The average Bonchev–Trinajstić information content (AvgIpc) is 2.92. The molecule has 0 bridgehead atoms. The third-order valence-electron chi connectivity index (χ3n) is 4.62. The van der Waals surface area contributed by atoms with Gasteiger partial charge < -0.3 is 14.9 Å². The molecule has 2 aromatic rings. The standard InChI is InChI=1S/C17H20F3N3O2/c1-11-22-15(23-25-11)16(7-4-8-16)21-10-13(24)9-12-5-2-3-6-14(12)17(18,19)20/h2-3,5-6,13,21,24H,4,7-10H2,1H3.